The van der Waals surface area contributed by atoms with Crippen LogP contribution in [0.25, 0.3) is 16.6 Å². The summed E-state index contributed by atoms with van der Waals surface area (Å²) in [5, 5.41) is 32.2. The third-order valence-electron chi connectivity index (χ3n) is 6.88. The standard InChI is InChI=1S/C18H15N5O2S.C14H12N4O2/c1-22-9-7-12-8-10-23(18(25)15(12)22)11-14-20-21-17(26-14)16(24)19-13-5-3-2-4-6-13;19-12-4-1-10(2-5-12)7-14(20)16-11-3-6-13-17-15-9-18(13)8-11/h2-10H,11H2,1H3,(H,19,24);1-6,8-9,19H,7H2,(H,16,20). The molecule has 5 aromatic heterocycles. The van der Waals surface area contributed by atoms with Gasteiger partial charge in [0.2, 0.25) is 10.9 Å². The van der Waals surface area contributed by atoms with E-state index in [-0.39, 0.29) is 41.1 Å². The van der Waals surface area contributed by atoms with Crippen molar-refractivity contribution in [3.05, 3.63) is 130 Å². The Bertz CT molecular complexity index is 2200. The van der Waals surface area contributed by atoms with Crippen LogP contribution in [0.3, 0.4) is 0 Å². The summed E-state index contributed by atoms with van der Waals surface area (Å²) < 4.78 is 5.10. The summed E-state index contributed by atoms with van der Waals surface area (Å²) in [6.45, 7) is 0.274. The van der Waals surface area contributed by atoms with Crippen LogP contribution in [0, 0.1) is 0 Å². The molecule has 7 aromatic rings. The molecular formula is C32H27N9O4S. The zero-order valence-corrected chi connectivity index (χ0v) is 25.3. The van der Waals surface area contributed by atoms with Crippen molar-refractivity contribution in [2.75, 3.05) is 10.6 Å². The first kappa shape index (κ1) is 29.9. The average molecular weight is 634 g/mol. The molecule has 0 saturated heterocycles. The molecule has 14 heteroatoms. The van der Waals surface area contributed by atoms with Crippen molar-refractivity contribution >= 4 is 51.1 Å². The second-order valence-electron chi connectivity index (χ2n) is 10.2. The van der Waals surface area contributed by atoms with E-state index in [9.17, 15) is 19.5 Å². The summed E-state index contributed by atoms with van der Waals surface area (Å²) >= 11 is 1.17. The Kier molecular flexibility index (Phi) is 8.60. The number of anilines is 2. The summed E-state index contributed by atoms with van der Waals surface area (Å²) in [5.74, 6) is -0.250. The quantitative estimate of drug-likeness (QED) is 0.236. The van der Waals surface area contributed by atoms with Gasteiger partial charge in [-0.25, -0.2) is 0 Å². The molecule has 0 atom stereocenters. The zero-order chi connectivity index (χ0) is 32.0. The molecule has 0 spiro atoms. The van der Waals surface area contributed by atoms with Gasteiger partial charge in [0.05, 0.1) is 18.7 Å². The largest absolute Gasteiger partial charge is 0.508 e. The van der Waals surface area contributed by atoms with Gasteiger partial charge in [-0.15, -0.1) is 20.4 Å². The van der Waals surface area contributed by atoms with Gasteiger partial charge in [-0.1, -0.05) is 41.7 Å². The highest BCUT2D eigenvalue weighted by Crippen LogP contribution is 2.16. The molecule has 5 heterocycles. The van der Waals surface area contributed by atoms with E-state index >= 15 is 0 Å². The van der Waals surface area contributed by atoms with E-state index in [1.165, 1.54) is 11.3 Å². The predicted octanol–water partition coefficient (Wildman–Crippen LogP) is 4.11. The van der Waals surface area contributed by atoms with Crippen LogP contribution in [0.15, 0.2) is 109 Å². The smallest absolute Gasteiger partial charge is 0.286 e. The minimum absolute atomic E-state index is 0.0968. The summed E-state index contributed by atoms with van der Waals surface area (Å²) in [5.41, 5.74) is 3.48. The number of rotatable bonds is 7. The van der Waals surface area contributed by atoms with Gasteiger partial charge in [0.15, 0.2) is 5.65 Å². The number of carbonyl (C=O) groups excluding carboxylic acids is 2. The van der Waals surface area contributed by atoms with Crippen LogP contribution in [0.2, 0.25) is 0 Å². The van der Waals surface area contributed by atoms with E-state index in [1.807, 2.05) is 43.6 Å². The maximum atomic E-state index is 12.6. The lowest BCUT2D eigenvalue weighted by molar-refractivity contribution is -0.115. The number of phenols is 1. The van der Waals surface area contributed by atoms with Gasteiger partial charge in [0.1, 0.15) is 22.6 Å². The first-order valence-corrected chi connectivity index (χ1v) is 14.8. The van der Waals surface area contributed by atoms with E-state index in [1.54, 1.807) is 80.8 Å². The maximum absolute atomic E-state index is 12.6. The molecule has 0 fully saturated rings. The zero-order valence-electron chi connectivity index (χ0n) is 24.4. The predicted molar refractivity (Wildman–Crippen MR) is 174 cm³/mol. The van der Waals surface area contributed by atoms with Crippen molar-refractivity contribution in [1.29, 1.82) is 0 Å². The van der Waals surface area contributed by atoms with Crippen molar-refractivity contribution in [3.8, 4) is 5.75 Å². The second-order valence-corrected chi connectivity index (χ2v) is 11.3. The fraction of sp³-hybridized carbons (Fsp3) is 0.0938. The van der Waals surface area contributed by atoms with Crippen LogP contribution < -0.4 is 16.2 Å². The molecular weight excluding hydrogens is 606 g/mol. The Morgan fingerprint density at radius 1 is 0.870 bits per heavy atom. The molecule has 0 aliphatic heterocycles. The molecule has 46 heavy (non-hydrogen) atoms. The van der Waals surface area contributed by atoms with Crippen LogP contribution >= 0.6 is 11.3 Å². The third kappa shape index (κ3) is 6.97. The van der Waals surface area contributed by atoms with E-state index in [2.05, 4.69) is 31.0 Å². The maximum Gasteiger partial charge on any atom is 0.286 e. The number of nitrogens with zero attached hydrogens (tertiary/aromatic N) is 7. The molecule has 13 nitrogen and oxygen atoms in total. The topological polar surface area (TPSA) is 161 Å². The number of aromatic hydroxyl groups is 1. The molecule has 0 saturated carbocycles. The van der Waals surface area contributed by atoms with E-state index in [0.717, 1.165) is 16.6 Å². The van der Waals surface area contributed by atoms with E-state index in [4.69, 9.17) is 0 Å². The molecule has 0 aliphatic carbocycles. The lowest BCUT2D eigenvalue weighted by Crippen LogP contribution is -2.21. The van der Waals surface area contributed by atoms with Gasteiger partial charge in [0.25, 0.3) is 11.5 Å². The molecule has 3 N–H and O–H groups in total. The van der Waals surface area contributed by atoms with Crippen LogP contribution in [0.5, 0.6) is 5.75 Å². The lowest BCUT2D eigenvalue weighted by Gasteiger charge is -2.06. The summed E-state index contributed by atoms with van der Waals surface area (Å²) in [6.07, 6.45) is 7.17. The Morgan fingerprint density at radius 3 is 2.46 bits per heavy atom. The minimum Gasteiger partial charge on any atom is -0.508 e. The van der Waals surface area contributed by atoms with E-state index < -0.39 is 0 Å². The van der Waals surface area contributed by atoms with Crippen LogP contribution in [0.1, 0.15) is 20.4 Å². The van der Waals surface area contributed by atoms with Gasteiger partial charge >= 0.3 is 0 Å². The number of amides is 2. The van der Waals surface area contributed by atoms with Gasteiger partial charge in [-0.3, -0.25) is 18.8 Å². The van der Waals surface area contributed by atoms with Crippen molar-refractivity contribution < 1.29 is 14.7 Å². The number of phenolic OH excluding ortho intramolecular Hbond substituents is 1. The average Bonchev–Trinajstić information content (AvgIpc) is 3.81. The summed E-state index contributed by atoms with van der Waals surface area (Å²) in [4.78, 5) is 36.8. The molecule has 7 rings (SSSR count). The summed E-state index contributed by atoms with van der Waals surface area (Å²) in [6, 6.07) is 23.1. The summed E-state index contributed by atoms with van der Waals surface area (Å²) in [7, 11) is 1.84. The lowest BCUT2D eigenvalue weighted by atomic mass is 10.1. The first-order valence-electron chi connectivity index (χ1n) is 14.0. The molecule has 2 aromatic carbocycles. The van der Waals surface area contributed by atoms with Gasteiger partial charge in [-0.2, -0.15) is 0 Å². The minimum atomic E-state index is -0.315. The van der Waals surface area contributed by atoms with Crippen molar-refractivity contribution in [2.24, 2.45) is 7.05 Å². The normalized spacial score (nSPS) is 10.8. The van der Waals surface area contributed by atoms with Gasteiger partial charge in [-0.05, 0) is 54.1 Å². The number of para-hydroxylation sites is 1. The fourth-order valence-electron chi connectivity index (χ4n) is 4.62. The highest BCUT2D eigenvalue weighted by molar-refractivity contribution is 7.13. The van der Waals surface area contributed by atoms with Crippen LogP contribution in [0.4, 0.5) is 11.4 Å². The number of hydrogen-bond acceptors (Lipinski definition) is 9. The Labute approximate surface area is 265 Å². The Hall–Kier alpha value is -6.15. The molecule has 0 radical (unpaired) electrons. The van der Waals surface area contributed by atoms with E-state index in [0.29, 0.717) is 21.9 Å². The Morgan fingerprint density at radius 2 is 1.65 bits per heavy atom. The molecule has 0 bridgehead atoms. The first-order chi connectivity index (χ1) is 22.3. The molecule has 2 amide bonds. The number of carbonyl (C=O) groups is 2. The van der Waals surface area contributed by atoms with Gasteiger partial charge in [0, 0.05) is 36.7 Å². The number of hydrogen-bond donors (Lipinski definition) is 3. The second kappa shape index (κ2) is 13.2. The SMILES string of the molecule is Cn1ccc2ccn(Cc3nnc(C(=O)Nc4ccccc4)s3)c(=O)c21.O=C(Cc1ccc(O)cc1)Nc1ccc2nncn2c1. The monoisotopic (exact) mass is 633 g/mol. The number of nitrogens with one attached hydrogen (secondary N) is 2. The van der Waals surface area contributed by atoms with Crippen molar-refractivity contribution in [2.45, 2.75) is 13.0 Å². The fourth-order valence-corrected chi connectivity index (χ4v) is 5.36. The number of aromatic nitrogens is 7. The van der Waals surface area contributed by atoms with Crippen molar-refractivity contribution in [3.63, 3.8) is 0 Å². The molecule has 0 unspecified atom stereocenters. The highest BCUT2D eigenvalue weighted by Gasteiger charge is 2.15. The number of aryl methyl sites for hydroxylation is 1. The highest BCUT2D eigenvalue weighted by atomic mass is 32.1. The van der Waals surface area contributed by atoms with Crippen LogP contribution in [-0.2, 0) is 24.8 Å². The van der Waals surface area contributed by atoms with Crippen molar-refractivity contribution in [1.82, 2.24) is 33.9 Å². The Balaban J connectivity index is 0.000000167. The number of pyridine rings is 2. The van der Waals surface area contributed by atoms with Crippen LogP contribution in [-0.4, -0.2) is 50.9 Å². The molecule has 230 valence electrons. The number of fused-ring (bicyclic) bond motifs is 2. The molecule has 0 aliphatic rings. The third-order valence-corrected chi connectivity index (χ3v) is 7.78. The number of benzene rings is 2. The van der Waals surface area contributed by atoms with Gasteiger partial charge < -0.3 is 24.9 Å².